The molecule has 0 aliphatic heterocycles. The Kier molecular flexibility index (Phi) is 9.22. The molecule has 2 N–H and O–H groups in total. The first-order valence-electron chi connectivity index (χ1n) is 6.35. The molecule has 0 aromatic heterocycles. The fourth-order valence-electron chi connectivity index (χ4n) is 2.36. The monoisotopic (exact) mass is 300 g/mol. The average molecular weight is 301 g/mol. The lowest BCUT2D eigenvalue weighted by molar-refractivity contribution is -0.134. The van der Waals surface area contributed by atoms with E-state index in [2.05, 4.69) is 0 Å². The molecule has 0 radical (unpaired) electrons. The Labute approximate surface area is 119 Å². The van der Waals surface area contributed by atoms with E-state index in [0.29, 0.717) is 0 Å². The Bertz CT molecular complexity index is 270. The molecule has 1 aliphatic carbocycles. The molecule has 0 bridgehead atoms. The standard InChI is InChI=1S/C12H22F2N2O2.ClH/c1-18-6-5-16(8-11(13)14)12(17)7-9-3-2-4-10(9)15;/h9-11H,2-8,15H2,1H3;1H/t9-,10+;/m0./s1. The zero-order valence-electron chi connectivity index (χ0n) is 11.2. The van der Waals surface area contributed by atoms with Crippen molar-refractivity contribution in [2.24, 2.45) is 11.7 Å². The summed E-state index contributed by atoms with van der Waals surface area (Å²) < 4.78 is 29.6. The number of alkyl halides is 2. The van der Waals surface area contributed by atoms with Gasteiger partial charge in [-0.1, -0.05) is 6.42 Å². The van der Waals surface area contributed by atoms with Gasteiger partial charge in [0.2, 0.25) is 5.91 Å². The van der Waals surface area contributed by atoms with Crippen LogP contribution in [-0.4, -0.2) is 50.1 Å². The van der Waals surface area contributed by atoms with E-state index in [0.717, 1.165) is 19.3 Å². The molecule has 0 aromatic carbocycles. The Balaban J connectivity index is 0.00000324. The lowest BCUT2D eigenvalue weighted by atomic mass is 9.99. The van der Waals surface area contributed by atoms with Gasteiger partial charge >= 0.3 is 0 Å². The van der Waals surface area contributed by atoms with Crippen molar-refractivity contribution in [2.75, 3.05) is 26.8 Å². The van der Waals surface area contributed by atoms with Crippen molar-refractivity contribution in [3.63, 3.8) is 0 Å². The van der Waals surface area contributed by atoms with Gasteiger partial charge in [0.1, 0.15) is 0 Å². The zero-order valence-corrected chi connectivity index (χ0v) is 12.0. The smallest absolute Gasteiger partial charge is 0.255 e. The second-order valence-electron chi connectivity index (χ2n) is 4.78. The molecule has 0 unspecified atom stereocenters. The minimum atomic E-state index is -2.51. The maximum atomic E-state index is 12.4. The van der Waals surface area contributed by atoms with Gasteiger partial charge in [0.05, 0.1) is 13.2 Å². The quantitative estimate of drug-likeness (QED) is 0.778. The van der Waals surface area contributed by atoms with E-state index in [1.54, 1.807) is 0 Å². The molecular formula is C12H23ClF2N2O2. The summed E-state index contributed by atoms with van der Waals surface area (Å²) in [6, 6.07) is 0.0322. The lowest BCUT2D eigenvalue weighted by Gasteiger charge is -2.24. The molecule has 7 heteroatoms. The maximum absolute atomic E-state index is 12.4. The minimum absolute atomic E-state index is 0. The minimum Gasteiger partial charge on any atom is -0.383 e. The number of nitrogens with zero attached hydrogens (tertiary/aromatic N) is 1. The molecule has 0 saturated heterocycles. The number of rotatable bonds is 7. The first-order valence-corrected chi connectivity index (χ1v) is 6.35. The van der Waals surface area contributed by atoms with Gasteiger partial charge in [0, 0.05) is 26.1 Å². The van der Waals surface area contributed by atoms with Crippen LogP contribution in [0, 0.1) is 5.92 Å². The van der Waals surface area contributed by atoms with Crippen LogP contribution < -0.4 is 5.73 Å². The fourth-order valence-corrected chi connectivity index (χ4v) is 2.36. The highest BCUT2D eigenvalue weighted by atomic mass is 35.5. The summed E-state index contributed by atoms with van der Waals surface area (Å²) in [5, 5.41) is 0. The Hall–Kier alpha value is -0.460. The molecule has 1 saturated carbocycles. The molecule has 1 aliphatic rings. The van der Waals surface area contributed by atoms with Crippen molar-refractivity contribution in [1.82, 2.24) is 4.90 Å². The molecule has 2 atom stereocenters. The Morgan fingerprint density at radius 2 is 2.16 bits per heavy atom. The van der Waals surface area contributed by atoms with E-state index in [-0.39, 0.29) is 49.8 Å². The van der Waals surface area contributed by atoms with E-state index in [4.69, 9.17) is 10.5 Å². The fraction of sp³-hybridized carbons (Fsp3) is 0.917. The maximum Gasteiger partial charge on any atom is 0.255 e. The van der Waals surface area contributed by atoms with Crippen LogP contribution in [0.5, 0.6) is 0 Å². The van der Waals surface area contributed by atoms with Gasteiger partial charge in [0.15, 0.2) is 0 Å². The number of nitrogens with two attached hydrogens (primary N) is 1. The van der Waals surface area contributed by atoms with Crippen molar-refractivity contribution in [3.8, 4) is 0 Å². The van der Waals surface area contributed by atoms with Gasteiger partial charge in [-0.3, -0.25) is 4.79 Å². The summed E-state index contributed by atoms with van der Waals surface area (Å²) in [5.41, 5.74) is 5.89. The third-order valence-electron chi connectivity index (χ3n) is 3.43. The molecule has 0 aromatic rings. The summed E-state index contributed by atoms with van der Waals surface area (Å²) in [7, 11) is 1.48. The molecule has 114 valence electrons. The number of hydrogen-bond donors (Lipinski definition) is 1. The molecule has 19 heavy (non-hydrogen) atoms. The van der Waals surface area contributed by atoms with Crippen molar-refractivity contribution in [3.05, 3.63) is 0 Å². The van der Waals surface area contributed by atoms with Crippen LogP contribution in [-0.2, 0) is 9.53 Å². The molecule has 1 amide bonds. The number of ether oxygens (including phenoxy) is 1. The predicted octanol–water partition coefficient (Wildman–Crippen LogP) is 1.67. The number of carbonyl (C=O) groups excluding carboxylic acids is 1. The van der Waals surface area contributed by atoms with Crippen LogP contribution in [0.1, 0.15) is 25.7 Å². The average Bonchev–Trinajstić information content (AvgIpc) is 2.70. The van der Waals surface area contributed by atoms with E-state index in [1.165, 1.54) is 12.0 Å². The molecule has 0 heterocycles. The molecule has 1 rings (SSSR count). The number of halogens is 3. The van der Waals surface area contributed by atoms with Crippen LogP contribution in [0.2, 0.25) is 0 Å². The summed E-state index contributed by atoms with van der Waals surface area (Å²) in [4.78, 5) is 13.1. The SMILES string of the molecule is COCCN(CC(F)F)C(=O)C[C@@H]1CCC[C@H]1N.Cl. The highest BCUT2D eigenvalue weighted by molar-refractivity contribution is 5.85. The zero-order chi connectivity index (χ0) is 13.5. The highest BCUT2D eigenvalue weighted by Gasteiger charge is 2.28. The van der Waals surface area contributed by atoms with E-state index >= 15 is 0 Å². The Morgan fingerprint density at radius 1 is 1.47 bits per heavy atom. The number of hydrogen-bond acceptors (Lipinski definition) is 3. The normalized spacial score (nSPS) is 22.4. The molecule has 0 spiro atoms. The van der Waals surface area contributed by atoms with Crippen molar-refractivity contribution < 1.29 is 18.3 Å². The van der Waals surface area contributed by atoms with Gasteiger partial charge in [-0.05, 0) is 18.8 Å². The van der Waals surface area contributed by atoms with Crippen molar-refractivity contribution in [2.45, 2.75) is 38.2 Å². The number of carbonyl (C=O) groups is 1. The first-order chi connectivity index (χ1) is 8.54. The molecule has 1 fully saturated rings. The van der Waals surface area contributed by atoms with Crippen molar-refractivity contribution in [1.29, 1.82) is 0 Å². The topological polar surface area (TPSA) is 55.6 Å². The van der Waals surface area contributed by atoms with E-state index < -0.39 is 13.0 Å². The van der Waals surface area contributed by atoms with Crippen molar-refractivity contribution >= 4 is 18.3 Å². The lowest BCUT2D eigenvalue weighted by Crippen LogP contribution is -2.39. The van der Waals surface area contributed by atoms with E-state index in [9.17, 15) is 13.6 Å². The van der Waals surface area contributed by atoms with Crippen LogP contribution in [0.3, 0.4) is 0 Å². The van der Waals surface area contributed by atoms with Gasteiger partial charge in [-0.25, -0.2) is 8.78 Å². The van der Waals surface area contributed by atoms with Crippen LogP contribution >= 0.6 is 12.4 Å². The van der Waals surface area contributed by atoms with Gasteiger partial charge in [0.25, 0.3) is 6.43 Å². The Morgan fingerprint density at radius 3 is 2.63 bits per heavy atom. The van der Waals surface area contributed by atoms with E-state index in [1.807, 2.05) is 0 Å². The van der Waals surface area contributed by atoms with Crippen LogP contribution in [0.15, 0.2) is 0 Å². The summed E-state index contributed by atoms with van der Waals surface area (Å²) in [6.45, 7) is -0.0407. The largest absolute Gasteiger partial charge is 0.383 e. The molecule has 4 nitrogen and oxygen atoms in total. The van der Waals surface area contributed by atoms with Crippen LogP contribution in [0.25, 0.3) is 0 Å². The highest BCUT2D eigenvalue weighted by Crippen LogP contribution is 2.27. The van der Waals surface area contributed by atoms with Gasteiger partial charge < -0.3 is 15.4 Å². The third-order valence-corrected chi connectivity index (χ3v) is 3.43. The second-order valence-corrected chi connectivity index (χ2v) is 4.78. The first kappa shape index (κ1) is 18.5. The summed E-state index contributed by atoms with van der Waals surface area (Å²) in [6.07, 6.45) is 0.622. The number of methoxy groups -OCH3 is 1. The van der Waals surface area contributed by atoms with Gasteiger partial charge in [-0.15, -0.1) is 12.4 Å². The summed E-state index contributed by atoms with van der Waals surface area (Å²) in [5.74, 6) is -0.102. The summed E-state index contributed by atoms with van der Waals surface area (Å²) >= 11 is 0. The third kappa shape index (κ3) is 6.49. The number of amides is 1. The van der Waals surface area contributed by atoms with Gasteiger partial charge in [-0.2, -0.15) is 0 Å². The second kappa shape index (κ2) is 9.44. The predicted molar refractivity (Wildman–Crippen MR) is 71.6 cm³/mol. The van der Waals surface area contributed by atoms with Crippen LogP contribution in [0.4, 0.5) is 8.78 Å². The molecular weight excluding hydrogens is 278 g/mol.